The molecule has 1 aromatic heterocycles. The van der Waals surface area contributed by atoms with Crippen LogP contribution in [0.3, 0.4) is 0 Å². The highest BCUT2D eigenvalue weighted by atomic mass is 32.1. The Hall–Kier alpha value is -1.29. The van der Waals surface area contributed by atoms with Gasteiger partial charge < -0.3 is 11.1 Å². The predicted molar refractivity (Wildman–Crippen MR) is 83.6 cm³/mol. The third-order valence-electron chi connectivity index (χ3n) is 4.26. The molecule has 3 nitrogen and oxygen atoms in total. The molecule has 19 heavy (non-hydrogen) atoms. The lowest BCUT2D eigenvalue weighted by molar-refractivity contribution is 0.300. The molecule has 0 amide bonds. The maximum absolute atomic E-state index is 6.18. The van der Waals surface area contributed by atoms with Gasteiger partial charge in [-0.15, -0.1) is 11.3 Å². The van der Waals surface area contributed by atoms with Gasteiger partial charge in [0.2, 0.25) is 0 Å². The molecule has 0 spiro atoms. The molecule has 0 unspecified atom stereocenters. The van der Waals surface area contributed by atoms with Gasteiger partial charge in [0.1, 0.15) is 5.52 Å². The molecule has 1 saturated carbocycles. The maximum atomic E-state index is 6.18. The van der Waals surface area contributed by atoms with Crippen LogP contribution in [0.2, 0.25) is 0 Å². The van der Waals surface area contributed by atoms with E-state index in [1.165, 1.54) is 25.7 Å². The summed E-state index contributed by atoms with van der Waals surface area (Å²) >= 11 is 1.64. The summed E-state index contributed by atoms with van der Waals surface area (Å²) in [6, 6.07) is 4.19. The minimum atomic E-state index is 0.793. The van der Waals surface area contributed by atoms with E-state index in [0.29, 0.717) is 0 Å². The van der Waals surface area contributed by atoms with Crippen LogP contribution in [0.5, 0.6) is 0 Å². The zero-order valence-corrected chi connectivity index (χ0v) is 12.2. The summed E-state index contributed by atoms with van der Waals surface area (Å²) in [6.45, 7) is 3.39. The summed E-state index contributed by atoms with van der Waals surface area (Å²) in [6.07, 6.45) is 5.42. The van der Waals surface area contributed by atoms with Crippen LogP contribution in [0.25, 0.3) is 10.2 Å². The first-order valence-corrected chi connectivity index (χ1v) is 7.97. The highest BCUT2D eigenvalue weighted by Crippen LogP contribution is 2.32. The van der Waals surface area contributed by atoms with Crippen molar-refractivity contribution in [3.8, 4) is 0 Å². The summed E-state index contributed by atoms with van der Waals surface area (Å²) in [5.41, 5.74) is 10.8. The van der Waals surface area contributed by atoms with Crippen molar-refractivity contribution in [2.75, 3.05) is 17.6 Å². The summed E-state index contributed by atoms with van der Waals surface area (Å²) < 4.78 is 1.16. The molecule has 1 fully saturated rings. The van der Waals surface area contributed by atoms with Crippen molar-refractivity contribution in [2.45, 2.75) is 32.6 Å². The molecule has 3 N–H and O–H groups in total. The Bertz CT molecular complexity index is 556. The standard InChI is InChI=1S/C15H21N3S/c1-10-2-4-11(5-3-10)8-17-12-6-7-13-15(14(12)16)18-9-19-13/h6-7,9-11,17H,2-5,8,16H2,1H3. The van der Waals surface area contributed by atoms with Crippen LogP contribution in [0.15, 0.2) is 17.6 Å². The van der Waals surface area contributed by atoms with Crippen LogP contribution in [0, 0.1) is 11.8 Å². The average molecular weight is 275 g/mol. The monoisotopic (exact) mass is 275 g/mol. The Morgan fingerprint density at radius 2 is 2.11 bits per heavy atom. The minimum absolute atomic E-state index is 0.793. The van der Waals surface area contributed by atoms with Gasteiger partial charge in [0.15, 0.2) is 0 Å². The number of aromatic nitrogens is 1. The summed E-state index contributed by atoms with van der Waals surface area (Å²) in [5.74, 6) is 1.70. The normalized spacial score (nSPS) is 23.6. The molecule has 1 aromatic carbocycles. The third kappa shape index (κ3) is 2.68. The number of anilines is 2. The fourth-order valence-electron chi connectivity index (χ4n) is 2.89. The second-order valence-electron chi connectivity index (χ2n) is 5.73. The number of benzene rings is 1. The second kappa shape index (κ2) is 5.37. The van der Waals surface area contributed by atoms with E-state index in [2.05, 4.69) is 29.4 Å². The zero-order chi connectivity index (χ0) is 13.2. The summed E-state index contributed by atoms with van der Waals surface area (Å²) in [7, 11) is 0. The first-order valence-electron chi connectivity index (χ1n) is 7.09. The minimum Gasteiger partial charge on any atom is -0.395 e. The van der Waals surface area contributed by atoms with Crippen molar-refractivity contribution in [3.05, 3.63) is 17.6 Å². The van der Waals surface area contributed by atoms with E-state index >= 15 is 0 Å². The number of nitrogen functional groups attached to an aromatic ring is 1. The van der Waals surface area contributed by atoms with Gasteiger partial charge in [0.05, 0.1) is 21.6 Å². The second-order valence-corrected chi connectivity index (χ2v) is 6.62. The van der Waals surface area contributed by atoms with E-state index in [1.807, 2.05) is 5.51 Å². The lowest BCUT2D eigenvalue weighted by Gasteiger charge is -2.26. The Labute approximate surface area is 118 Å². The Morgan fingerprint density at radius 3 is 2.89 bits per heavy atom. The fraction of sp³-hybridized carbons (Fsp3) is 0.533. The van der Waals surface area contributed by atoms with Crippen molar-refractivity contribution >= 4 is 32.9 Å². The van der Waals surface area contributed by atoms with Gasteiger partial charge >= 0.3 is 0 Å². The highest BCUT2D eigenvalue weighted by molar-refractivity contribution is 7.16. The number of rotatable bonds is 3. The fourth-order valence-corrected chi connectivity index (χ4v) is 3.59. The topological polar surface area (TPSA) is 50.9 Å². The molecule has 1 aliphatic rings. The molecule has 0 saturated heterocycles. The van der Waals surface area contributed by atoms with Crippen molar-refractivity contribution in [2.24, 2.45) is 11.8 Å². The maximum Gasteiger partial charge on any atom is 0.106 e. The van der Waals surface area contributed by atoms with E-state index in [4.69, 9.17) is 5.73 Å². The van der Waals surface area contributed by atoms with Gasteiger partial charge in [-0.2, -0.15) is 0 Å². The molecular formula is C15H21N3S. The lowest BCUT2D eigenvalue weighted by atomic mass is 9.83. The van der Waals surface area contributed by atoms with E-state index in [9.17, 15) is 0 Å². The van der Waals surface area contributed by atoms with Crippen molar-refractivity contribution < 1.29 is 0 Å². The molecule has 102 valence electrons. The van der Waals surface area contributed by atoms with Crippen LogP contribution in [-0.2, 0) is 0 Å². The van der Waals surface area contributed by atoms with Crippen LogP contribution in [0.1, 0.15) is 32.6 Å². The van der Waals surface area contributed by atoms with Gasteiger partial charge in [0, 0.05) is 6.54 Å². The van der Waals surface area contributed by atoms with E-state index in [-0.39, 0.29) is 0 Å². The summed E-state index contributed by atoms with van der Waals surface area (Å²) in [4.78, 5) is 4.34. The van der Waals surface area contributed by atoms with E-state index in [1.54, 1.807) is 11.3 Å². The molecule has 0 aliphatic heterocycles. The van der Waals surface area contributed by atoms with Gasteiger partial charge in [-0.3, -0.25) is 0 Å². The third-order valence-corrected chi connectivity index (χ3v) is 5.05. The zero-order valence-electron chi connectivity index (χ0n) is 11.4. The van der Waals surface area contributed by atoms with Crippen molar-refractivity contribution in [3.63, 3.8) is 0 Å². The molecule has 1 heterocycles. The predicted octanol–water partition coefficient (Wildman–Crippen LogP) is 4.12. The average Bonchev–Trinajstić information content (AvgIpc) is 2.89. The van der Waals surface area contributed by atoms with Crippen molar-refractivity contribution in [1.82, 2.24) is 4.98 Å². The number of hydrogen-bond acceptors (Lipinski definition) is 4. The van der Waals surface area contributed by atoms with Gasteiger partial charge in [0.25, 0.3) is 0 Å². The molecule has 4 heteroatoms. The van der Waals surface area contributed by atoms with Gasteiger partial charge in [-0.25, -0.2) is 4.98 Å². The molecule has 2 aromatic rings. The molecule has 0 bridgehead atoms. The van der Waals surface area contributed by atoms with Crippen LogP contribution in [-0.4, -0.2) is 11.5 Å². The summed E-state index contributed by atoms with van der Waals surface area (Å²) in [5, 5.41) is 3.52. The molecule has 3 rings (SSSR count). The van der Waals surface area contributed by atoms with Crippen LogP contribution in [0.4, 0.5) is 11.4 Å². The molecule has 0 radical (unpaired) electrons. The number of nitrogens with two attached hydrogens (primary N) is 1. The first-order chi connectivity index (χ1) is 9.24. The SMILES string of the molecule is CC1CCC(CNc2ccc3scnc3c2N)CC1. The van der Waals surface area contributed by atoms with E-state index < -0.39 is 0 Å². The molecule has 0 atom stereocenters. The number of thiazole rings is 1. The Balaban J connectivity index is 1.66. The number of nitrogens with zero attached hydrogens (tertiary/aromatic N) is 1. The Morgan fingerprint density at radius 1 is 1.32 bits per heavy atom. The van der Waals surface area contributed by atoms with Crippen LogP contribution >= 0.6 is 11.3 Å². The Kier molecular flexibility index (Phi) is 3.60. The largest absolute Gasteiger partial charge is 0.395 e. The number of nitrogens with one attached hydrogen (secondary N) is 1. The van der Waals surface area contributed by atoms with Crippen LogP contribution < -0.4 is 11.1 Å². The van der Waals surface area contributed by atoms with E-state index in [0.717, 1.165) is 40.0 Å². The number of hydrogen-bond donors (Lipinski definition) is 2. The van der Waals surface area contributed by atoms with Crippen molar-refractivity contribution in [1.29, 1.82) is 0 Å². The molecule has 1 aliphatic carbocycles. The first kappa shape index (κ1) is 12.7. The van der Waals surface area contributed by atoms with Gasteiger partial charge in [-0.05, 0) is 36.8 Å². The lowest BCUT2D eigenvalue weighted by Crippen LogP contribution is -2.20. The number of fused-ring (bicyclic) bond motifs is 1. The molecular weight excluding hydrogens is 254 g/mol. The smallest absolute Gasteiger partial charge is 0.106 e. The highest BCUT2D eigenvalue weighted by Gasteiger charge is 2.18. The van der Waals surface area contributed by atoms with Gasteiger partial charge in [-0.1, -0.05) is 19.8 Å². The quantitative estimate of drug-likeness (QED) is 0.829.